The Bertz CT molecular complexity index is 894. The minimum absolute atomic E-state index is 0.138. The first-order chi connectivity index (χ1) is 13.7. The second kappa shape index (κ2) is 8.35. The normalized spacial score (nSPS) is 17.0. The number of benzene rings is 2. The van der Waals surface area contributed by atoms with Gasteiger partial charge in [0.2, 0.25) is 0 Å². The van der Waals surface area contributed by atoms with Crippen molar-refractivity contribution in [2.24, 2.45) is 0 Å². The number of hydrogen-bond acceptors (Lipinski definition) is 2. The summed E-state index contributed by atoms with van der Waals surface area (Å²) in [7, 11) is 0. The Morgan fingerprint density at radius 3 is 1.36 bits per heavy atom. The third-order valence-corrected chi connectivity index (χ3v) is 5.63. The highest BCUT2D eigenvalue weighted by atomic mass is 16.1. The van der Waals surface area contributed by atoms with E-state index in [0.717, 1.165) is 71.9 Å². The number of allylic oxidation sites excluding steroid dienone is 6. The van der Waals surface area contributed by atoms with Crippen LogP contribution in [-0.4, -0.2) is 11.6 Å². The highest BCUT2D eigenvalue weighted by Crippen LogP contribution is 2.33. The third kappa shape index (κ3) is 3.82. The van der Waals surface area contributed by atoms with Gasteiger partial charge in [-0.1, -0.05) is 72.8 Å². The summed E-state index contributed by atoms with van der Waals surface area (Å²) in [6.45, 7) is 0. The summed E-state index contributed by atoms with van der Waals surface area (Å²) in [6.07, 6.45) is 9.73. The largest absolute Gasteiger partial charge is 0.289 e. The molecular weight excluding hydrogens is 344 g/mol. The Morgan fingerprint density at radius 2 is 0.964 bits per heavy atom. The molecule has 0 amide bonds. The zero-order valence-corrected chi connectivity index (χ0v) is 16.0. The standard InChI is InChI=1S/C26H24O2/c27-25(21-9-3-1-4-10-21)23-15-7-13-19(23)17-18-20-14-8-16-24(20)26(28)22-11-5-2-6-12-22/h1-6,9-12,17-18H,7-8,13-16H2/b18-17+. The summed E-state index contributed by atoms with van der Waals surface area (Å²) in [5, 5.41) is 0. The van der Waals surface area contributed by atoms with Gasteiger partial charge in [0.15, 0.2) is 11.6 Å². The Labute approximate surface area is 166 Å². The highest BCUT2D eigenvalue weighted by Gasteiger charge is 2.22. The fraction of sp³-hybridized carbons (Fsp3) is 0.231. The van der Waals surface area contributed by atoms with Crippen LogP contribution < -0.4 is 0 Å². The number of carbonyl (C=O) groups excluding carboxylic acids is 2. The van der Waals surface area contributed by atoms with Crippen LogP contribution >= 0.6 is 0 Å². The third-order valence-electron chi connectivity index (χ3n) is 5.63. The second-order valence-corrected chi connectivity index (χ2v) is 7.44. The molecule has 0 N–H and O–H groups in total. The first-order valence-electron chi connectivity index (χ1n) is 10.1. The van der Waals surface area contributed by atoms with Gasteiger partial charge in [-0.3, -0.25) is 9.59 Å². The Morgan fingerprint density at radius 1 is 0.571 bits per heavy atom. The quantitative estimate of drug-likeness (QED) is 0.563. The van der Waals surface area contributed by atoms with E-state index in [1.54, 1.807) is 0 Å². The maximum absolute atomic E-state index is 12.9. The smallest absolute Gasteiger partial charge is 0.189 e. The van der Waals surface area contributed by atoms with E-state index >= 15 is 0 Å². The van der Waals surface area contributed by atoms with Crippen molar-refractivity contribution in [1.82, 2.24) is 0 Å². The molecular formula is C26H24O2. The first-order valence-corrected chi connectivity index (χ1v) is 10.1. The summed E-state index contributed by atoms with van der Waals surface area (Å²) in [5.74, 6) is 0.275. The van der Waals surface area contributed by atoms with E-state index in [0.29, 0.717) is 0 Å². The van der Waals surface area contributed by atoms with Gasteiger partial charge in [0, 0.05) is 22.3 Å². The van der Waals surface area contributed by atoms with Gasteiger partial charge in [-0.25, -0.2) is 0 Å². The van der Waals surface area contributed by atoms with Gasteiger partial charge in [0.25, 0.3) is 0 Å². The average molecular weight is 368 g/mol. The van der Waals surface area contributed by atoms with E-state index < -0.39 is 0 Å². The summed E-state index contributed by atoms with van der Waals surface area (Å²) >= 11 is 0. The monoisotopic (exact) mass is 368 g/mol. The van der Waals surface area contributed by atoms with Crippen molar-refractivity contribution in [3.63, 3.8) is 0 Å². The summed E-state index contributed by atoms with van der Waals surface area (Å²) in [4.78, 5) is 25.7. The van der Waals surface area contributed by atoms with Crippen molar-refractivity contribution in [1.29, 1.82) is 0 Å². The van der Waals surface area contributed by atoms with Crippen molar-refractivity contribution in [2.75, 3.05) is 0 Å². The van der Waals surface area contributed by atoms with Gasteiger partial charge in [-0.05, 0) is 49.7 Å². The summed E-state index contributed by atoms with van der Waals surface area (Å²) < 4.78 is 0. The lowest BCUT2D eigenvalue weighted by Gasteiger charge is -2.05. The molecule has 0 aromatic heterocycles. The molecule has 2 heteroatoms. The van der Waals surface area contributed by atoms with Crippen LogP contribution in [0.25, 0.3) is 0 Å². The fourth-order valence-electron chi connectivity index (χ4n) is 4.15. The second-order valence-electron chi connectivity index (χ2n) is 7.44. The molecule has 0 unspecified atom stereocenters. The van der Waals surface area contributed by atoms with Gasteiger partial charge in [0.05, 0.1) is 0 Å². The topological polar surface area (TPSA) is 34.1 Å². The predicted octanol–water partition coefficient (Wildman–Crippen LogP) is 6.27. The zero-order chi connectivity index (χ0) is 19.3. The summed E-state index contributed by atoms with van der Waals surface area (Å²) in [5.41, 5.74) is 5.61. The molecule has 0 bridgehead atoms. The van der Waals surface area contributed by atoms with Crippen LogP contribution in [0.1, 0.15) is 59.2 Å². The van der Waals surface area contributed by atoms with Crippen LogP contribution in [-0.2, 0) is 0 Å². The summed E-state index contributed by atoms with van der Waals surface area (Å²) in [6, 6.07) is 19.0. The molecule has 0 aliphatic heterocycles. The van der Waals surface area contributed by atoms with Crippen LogP contribution in [0, 0.1) is 0 Å². The van der Waals surface area contributed by atoms with E-state index in [1.807, 2.05) is 60.7 Å². The van der Waals surface area contributed by atoms with Gasteiger partial charge >= 0.3 is 0 Å². The molecule has 0 saturated heterocycles. The van der Waals surface area contributed by atoms with E-state index in [9.17, 15) is 9.59 Å². The lowest BCUT2D eigenvalue weighted by molar-refractivity contribution is 0.102. The molecule has 0 radical (unpaired) electrons. The van der Waals surface area contributed by atoms with Crippen LogP contribution in [0.15, 0.2) is 95.1 Å². The molecule has 2 aromatic rings. The molecule has 0 heterocycles. The minimum Gasteiger partial charge on any atom is -0.289 e. The van der Waals surface area contributed by atoms with Crippen molar-refractivity contribution >= 4 is 11.6 Å². The molecule has 4 rings (SSSR count). The van der Waals surface area contributed by atoms with Gasteiger partial charge in [-0.15, -0.1) is 0 Å². The molecule has 0 fully saturated rings. The Hall–Kier alpha value is -3.00. The number of ketones is 2. The Kier molecular flexibility index (Phi) is 5.48. The maximum atomic E-state index is 12.9. The van der Waals surface area contributed by atoms with Crippen LogP contribution in [0.4, 0.5) is 0 Å². The van der Waals surface area contributed by atoms with Gasteiger partial charge in [-0.2, -0.15) is 0 Å². The van der Waals surface area contributed by atoms with E-state index in [4.69, 9.17) is 0 Å². The van der Waals surface area contributed by atoms with Crippen LogP contribution in [0.3, 0.4) is 0 Å². The number of Topliss-reactive ketones (excluding diaryl/α,β-unsaturated/α-hetero) is 2. The van der Waals surface area contributed by atoms with E-state index in [1.165, 1.54) is 0 Å². The minimum atomic E-state index is 0.138. The molecule has 2 aliphatic carbocycles. The van der Waals surface area contributed by atoms with Crippen molar-refractivity contribution in [3.05, 3.63) is 106 Å². The number of rotatable bonds is 6. The molecule has 2 nitrogen and oxygen atoms in total. The average Bonchev–Trinajstić information content (AvgIpc) is 3.41. The molecule has 0 saturated carbocycles. The highest BCUT2D eigenvalue weighted by molar-refractivity contribution is 6.10. The molecule has 140 valence electrons. The SMILES string of the molecule is O=C(C1=C(/C=C/C2=C(C(=O)c3ccccc3)CCC2)CCC1)c1ccccc1. The fourth-order valence-corrected chi connectivity index (χ4v) is 4.15. The van der Waals surface area contributed by atoms with Crippen LogP contribution in [0.2, 0.25) is 0 Å². The van der Waals surface area contributed by atoms with Crippen molar-refractivity contribution in [2.45, 2.75) is 38.5 Å². The lowest BCUT2D eigenvalue weighted by atomic mass is 9.98. The first kappa shape index (κ1) is 18.4. The lowest BCUT2D eigenvalue weighted by Crippen LogP contribution is -2.03. The molecule has 2 aromatic carbocycles. The number of carbonyl (C=O) groups is 2. The van der Waals surface area contributed by atoms with Crippen LogP contribution in [0.5, 0.6) is 0 Å². The van der Waals surface area contributed by atoms with Gasteiger partial charge < -0.3 is 0 Å². The molecule has 28 heavy (non-hydrogen) atoms. The molecule has 0 spiro atoms. The molecule has 0 atom stereocenters. The Balaban J connectivity index is 1.60. The van der Waals surface area contributed by atoms with E-state index in [-0.39, 0.29) is 11.6 Å². The van der Waals surface area contributed by atoms with E-state index in [2.05, 4.69) is 12.2 Å². The van der Waals surface area contributed by atoms with Gasteiger partial charge in [0.1, 0.15) is 0 Å². The predicted molar refractivity (Wildman–Crippen MR) is 112 cm³/mol. The zero-order valence-electron chi connectivity index (χ0n) is 16.0. The maximum Gasteiger partial charge on any atom is 0.189 e. The number of hydrogen-bond donors (Lipinski definition) is 0. The van der Waals surface area contributed by atoms with Crippen molar-refractivity contribution < 1.29 is 9.59 Å². The van der Waals surface area contributed by atoms with Crippen molar-refractivity contribution in [3.8, 4) is 0 Å². The molecule has 2 aliphatic rings.